The highest BCUT2D eigenvalue weighted by molar-refractivity contribution is 7.92. The first-order valence-electron chi connectivity index (χ1n) is 13.1. The monoisotopic (exact) mass is 553 g/mol. The van der Waals surface area contributed by atoms with Crippen LogP contribution < -0.4 is 4.72 Å². The van der Waals surface area contributed by atoms with Crippen molar-refractivity contribution in [3.8, 4) is 22.5 Å². The summed E-state index contributed by atoms with van der Waals surface area (Å²) < 4.78 is 30.0. The van der Waals surface area contributed by atoms with E-state index in [0.29, 0.717) is 46.1 Å². The molecule has 0 spiro atoms. The van der Waals surface area contributed by atoms with Crippen molar-refractivity contribution in [3.63, 3.8) is 0 Å². The van der Waals surface area contributed by atoms with Crippen LogP contribution in [0.2, 0.25) is 0 Å². The van der Waals surface area contributed by atoms with Crippen molar-refractivity contribution < 1.29 is 18.3 Å². The summed E-state index contributed by atoms with van der Waals surface area (Å²) in [7, 11) is -3.83. The molecule has 202 valence electrons. The molecule has 6 rings (SSSR count). The third-order valence-electron chi connectivity index (χ3n) is 7.07. The van der Waals surface area contributed by atoms with E-state index in [-0.39, 0.29) is 10.5 Å². The quantitative estimate of drug-likeness (QED) is 0.242. The predicted octanol–water partition coefficient (Wildman–Crippen LogP) is 5.63. The van der Waals surface area contributed by atoms with Gasteiger partial charge in [-0.25, -0.2) is 22.9 Å². The Morgan fingerprint density at radius 2 is 1.77 bits per heavy atom. The molecule has 10 heteroatoms. The van der Waals surface area contributed by atoms with Gasteiger partial charge in [-0.05, 0) is 61.1 Å². The average molecular weight is 554 g/mol. The number of aromatic nitrogens is 4. The first-order chi connectivity index (χ1) is 19.3. The number of sulfonamides is 1. The van der Waals surface area contributed by atoms with E-state index in [1.807, 2.05) is 28.9 Å². The number of aryl methyl sites for hydroxylation is 1. The van der Waals surface area contributed by atoms with E-state index < -0.39 is 16.0 Å². The van der Waals surface area contributed by atoms with Crippen molar-refractivity contribution >= 4 is 32.7 Å². The molecule has 0 amide bonds. The number of rotatable bonds is 9. The summed E-state index contributed by atoms with van der Waals surface area (Å²) in [4.78, 5) is 21.4. The minimum absolute atomic E-state index is 0.0660. The number of nitrogens with zero attached hydrogens (tertiary/aromatic N) is 4. The molecule has 0 aliphatic heterocycles. The lowest BCUT2D eigenvalue weighted by molar-refractivity contribution is 0.0699. The molecule has 2 N–H and O–H groups in total. The number of carboxylic acids is 1. The van der Waals surface area contributed by atoms with Crippen molar-refractivity contribution in [2.24, 2.45) is 5.92 Å². The molecule has 40 heavy (non-hydrogen) atoms. The fraction of sp³-hybridized carbons (Fsp3) is 0.200. The number of pyridine rings is 2. The van der Waals surface area contributed by atoms with Crippen molar-refractivity contribution in [1.29, 1.82) is 0 Å². The molecule has 3 aromatic heterocycles. The van der Waals surface area contributed by atoms with Gasteiger partial charge >= 0.3 is 5.97 Å². The number of fused-ring (bicyclic) bond motifs is 1. The van der Waals surface area contributed by atoms with Crippen molar-refractivity contribution in [3.05, 3.63) is 90.3 Å². The highest BCUT2D eigenvalue weighted by Crippen LogP contribution is 2.36. The molecule has 1 aliphatic carbocycles. The van der Waals surface area contributed by atoms with Gasteiger partial charge in [-0.3, -0.25) is 9.71 Å². The Labute approximate surface area is 231 Å². The zero-order valence-corrected chi connectivity index (χ0v) is 22.6. The Morgan fingerprint density at radius 3 is 2.40 bits per heavy atom. The molecule has 1 fully saturated rings. The summed E-state index contributed by atoms with van der Waals surface area (Å²) in [5.74, 6) is -0.583. The number of carboxylic acid groups (broad SMARTS) is 1. The summed E-state index contributed by atoms with van der Waals surface area (Å²) in [5, 5.41) is 15.6. The number of hydrogen-bond acceptors (Lipinski definition) is 6. The summed E-state index contributed by atoms with van der Waals surface area (Å²) in [6.45, 7) is 2.75. The van der Waals surface area contributed by atoms with Gasteiger partial charge < -0.3 is 5.11 Å². The molecule has 1 saturated carbocycles. The van der Waals surface area contributed by atoms with Crippen LogP contribution in [-0.2, 0) is 23.0 Å². The van der Waals surface area contributed by atoms with Crippen LogP contribution in [0.3, 0.4) is 0 Å². The van der Waals surface area contributed by atoms with E-state index in [1.165, 1.54) is 30.0 Å². The third-order valence-corrected chi connectivity index (χ3v) is 8.47. The lowest BCUT2D eigenvalue weighted by Gasteiger charge is -2.10. The molecule has 0 radical (unpaired) electrons. The molecular formula is C30H27N5O4S. The maximum atomic E-state index is 12.9. The van der Waals surface area contributed by atoms with Crippen LogP contribution in [0.25, 0.3) is 33.5 Å². The molecule has 1 aliphatic rings. The first-order valence-corrected chi connectivity index (χ1v) is 14.6. The normalized spacial score (nSPS) is 13.4. The van der Waals surface area contributed by atoms with Crippen LogP contribution in [-0.4, -0.2) is 39.2 Å². The van der Waals surface area contributed by atoms with E-state index >= 15 is 0 Å². The number of hydrogen-bond donors (Lipinski definition) is 2. The minimum Gasteiger partial charge on any atom is -0.478 e. The SMILES string of the molecule is CCc1ccc(-c2nn(CC3CC3)c3nc(-c4ccc(S(=O)(=O)Nc5cccnc5)cc4)cc(C(=O)O)c23)cc1. The number of carbonyl (C=O) groups is 1. The van der Waals surface area contributed by atoms with Crippen LogP contribution in [0, 0.1) is 5.92 Å². The van der Waals surface area contributed by atoms with Gasteiger partial charge in [0.1, 0.15) is 5.69 Å². The number of anilines is 1. The van der Waals surface area contributed by atoms with Crippen LogP contribution in [0.1, 0.15) is 35.7 Å². The van der Waals surface area contributed by atoms with Crippen molar-refractivity contribution in [2.45, 2.75) is 37.6 Å². The third kappa shape index (κ3) is 5.05. The van der Waals surface area contributed by atoms with E-state index in [0.717, 1.165) is 24.8 Å². The second kappa shape index (κ2) is 10.2. The van der Waals surface area contributed by atoms with Gasteiger partial charge in [0.25, 0.3) is 10.0 Å². The van der Waals surface area contributed by atoms with Gasteiger partial charge in [0.05, 0.1) is 33.4 Å². The van der Waals surface area contributed by atoms with Gasteiger partial charge in [0.2, 0.25) is 0 Å². The molecule has 0 saturated heterocycles. The van der Waals surface area contributed by atoms with Gasteiger partial charge in [0.15, 0.2) is 5.65 Å². The maximum absolute atomic E-state index is 12.9. The topological polar surface area (TPSA) is 127 Å². The van der Waals surface area contributed by atoms with E-state index in [2.05, 4.69) is 16.6 Å². The Bertz CT molecular complexity index is 1810. The highest BCUT2D eigenvalue weighted by Gasteiger charge is 2.27. The first kappa shape index (κ1) is 25.7. The largest absolute Gasteiger partial charge is 0.478 e. The van der Waals surface area contributed by atoms with Crippen LogP contribution in [0.4, 0.5) is 5.69 Å². The van der Waals surface area contributed by atoms with Crippen molar-refractivity contribution in [1.82, 2.24) is 19.7 Å². The molecule has 5 aromatic rings. The van der Waals surface area contributed by atoms with Crippen molar-refractivity contribution in [2.75, 3.05) is 4.72 Å². The number of nitrogens with one attached hydrogen (secondary N) is 1. The average Bonchev–Trinajstić information content (AvgIpc) is 3.72. The molecule has 0 atom stereocenters. The second-order valence-electron chi connectivity index (χ2n) is 9.95. The smallest absolute Gasteiger partial charge is 0.336 e. The predicted molar refractivity (Wildman–Crippen MR) is 153 cm³/mol. The summed E-state index contributed by atoms with van der Waals surface area (Å²) in [6.07, 6.45) is 6.11. The standard InChI is InChI=1S/C30H27N5O4S/c1-2-19-7-9-22(10-8-19)28-27-25(30(36)37)16-26(32-29(27)35(33-28)18-20-5-6-20)21-11-13-24(14-12-21)40(38,39)34-23-4-3-15-31-17-23/h3-4,7-17,20,34H,2,5-6,18H2,1H3,(H,36,37). The van der Waals surface area contributed by atoms with E-state index in [9.17, 15) is 18.3 Å². The van der Waals surface area contributed by atoms with Crippen LogP contribution in [0.5, 0.6) is 0 Å². The highest BCUT2D eigenvalue weighted by atomic mass is 32.2. The molecule has 0 bridgehead atoms. The van der Waals surface area contributed by atoms with E-state index in [1.54, 1.807) is 30.5 Å². The Morgan fingerprint density at radius 1 is 1.05 bits per heavy atom. The van der Waals surface area contributed by atoms with Crippen LogP contribution >= 0.6 is 0 Å². The molecule has 0 unspecified atom stereocenters. The molecule has 3 heterocycles. The summed E-state index contributed by atoms with van der Waals surface area (Å²) in [6, 6.07) is 19.0. The Kier molecular flexibility index (Phi) is 6.55. The maximum Gasteiger partial charge on any atom is 0.336 e. The zero-order valence-electron chi connectivity index (χ0n) is 21.8. The fourth-order valence-electron chi connectivity index (χ4n) is 4.70. The van der Waals surface area contributed by atoms with Gasteiger partial charge in [-0.15, -0.1) is 0 Å². The van der Waals surface area contributed by atoms with Gasteiger partial charge in [-0.2, -0.15) is 5.10 Å². The van der Waals surface area contributed by atoms with Crippen LogP contribution in [0.15, 0.2) is 84.0 Å². The number of aromatic carboxylic acids is 1. The number of benzene rings is 2. The summed E-state index contributed by atoms with van der Waals surface area (Å²) in [5.41, 5.74) is 4.61. The minimum atomic E-state index is -3.83. The zero-order chi connectivity index (χ0) is 27.9. The molecule has 9 nitrogen and oxygen atoms in total. The van der Waals surface area contributed by atoms with Gasteiger partial charge in [0, 0.05) is 23.9 Å². The Balaban J connectivity index is 1.43. The molecular weight excluding hydrogens is 526 g/mol. The fourth-order valence-corrected chi connectivity index (χ4v) is 5.74. The van der Waals surface area contributed by atoms with E-state index in [4.69, 9.17) is 10.1 Å². The summed E-state index contributed by atoms with van der Waals surface area (Å²) >= 11 is 0. The lowest BCUT2D eigenvalue weighted by atomic mass is 10.0. The van der Waals surface area contributed by atoms with Gasteiger partial charge in [-0.1, -0.05) is 43.3 Å². The Hall–Kier alpha value is -4.57. The second-order valence-corrected chi connectivity index (χ2v) is 11.6. The molecule has 2 aromatic carbocycles. The lowest BCUT2D eigenvalue weighted by Crippen LogP contribution is -2.12.